The number of para-hydroxylation sites is 2. The third kappa shape index (κ3) is 4.42. The van der Waals surface area contributed by atoms with Gasteiger partial charge in [-0.25, -0.2) is 0 Å². The van der Waals surface area contributed by atoms with Crippen molar-refractivity contribution in [3.63, 3.8) is 0 Å². The molecule has 2 rings (SSSR count). The molecule has 0 unspecified atom stereocenters. The van der Waals surface area contributed by atoms with E-state index in [1.165, 1.54) is 0 Å². The lowest BCUT2D eigenvalue weighted by Gasteiger charge is -2.26. The summed E-state index contributed by atoms with van der Waals surface area (Å²) < 4.78 is 10.9. The van der Waals surface area contributed by atoms with Crippen molar-refractivity contribution in [2.45, 2.75) is 0 Å². The van der Waals surface area contributed by atoms with Gasteiger partial charge in [-0.3, -0.25) is 4.90 Å². The van der Waals surface area contributed by atoms with E-state index >= 15 is 0 Å². The van der Waals surface area contributed by atoms with Gasteiger partial charge in [0.2, 0.25) is 0 Å². The molecule has 1 aromatic rings. The molecule has 0 bridgehead atoms. The monoisotopic (exact) mass is 258 g/mol. The van der Waals surface area contributed by atoms with Crippen LogP contribution in [0.25, 0.3) is 0 Å². The molecule has 5 heteroatoms. The second-order valence-electron chi connectivity index (χ2n) is 3.84. The highest BCUT2D eigenvalue weighted by molar-refractivity contribution is 5.85. The van der Waals surface area contributed by atoms with Crippen LogP contribution in [0.1, 0.15) is 0 Å². The molecular formula is C12H19ClN2O2. The summed E-state index contributed by atoms with van der Waals surface area (Å²) in [5, 5.41) is 0. The van der Waals surface area contributed by atoms with Gasteiger partial charge in [0.15, 0.2) is 0 Å². The molecule has 1 saturated heterocycles. The number of hydrogen-bond acceptors (Lipinski definition) is 4. The van der Waals surface area contributed by atoms with E-state index in [4.69, 9.17) is 15.2 Å². The SMILES string of the molecule is Cl.Nc1ccccc1OCCN1CCOCC1. The number of ether oxygens (including phenoxy) is 2. The van der Waals surface area contributed by atoms with Crippen molar-refractivity contribution in [1.82, 2.24) is 4.90 Å². The van der Waals surface area contributed by atoms with Crippen molar-refractivity contribution in [2.24, 2.45) is 0 Å². The van der Waals surface area contributed by atoms with Crippen LogP contribution in [0.3, 0.4) is 0 Å². The number of anilines is 1. The lowest BCUT2D eigenvalue weighted by atomic mass is 10.3. The van der Waals surface area contributed by atoms with Crippen LogP contribution in [0.2, 0.25) is 0 Å². The molecular weight excluding hydrogens is 240 g/mol. The van der Waals surface area contributed by atoms with E-state index < -0.39 is 0 Å². The average molecular weight is 259 g/mol. The number of nitrogens with zero attached hydrogens (tertiary/aromatic N) is 1. The topological polar surface area (TPSA) is 47.7 Å². The fourth-order valence-electron chi connectivity index (χ4n) is 1.72. The van der Waals surface area contributed by atoms with Gasteiger partial charge >= 0.3 is 0 Å². The smallest absolute Gasteiger partial charge is 0.142 e. The number of rotatable bonds is 4. The second kappa shape index (κ2) is 7.37. The van der Waals surface area contributed by atoms with Gasteiger partial charge in [-0.05, 0) is 12.1 Å². The Morgan fingerprint density at radius 3 is 2.65 bits per heavy atom. The van der Waals surface area contributed by atoms with Gasteiger partial charge < -0.3 is 15.2 Å². The summed E-state index contributed by atoms with van der Waals surface area (Å²) in [5.41, 5.74) is 6.48. The minimum atomic E-state index is 0. The molecule has 0 radical (unpaired) electrons. The summed E-state index contributed by atoms with van der Waals surface area (Å²) in [6.07, 6.45) is 0. The number of nitrogen functional groups attached to an aromatic ring is 1. The molecule has 0 atom stereocenters. The van der Waals surface area contributed by atoms with Crippen LogP contribution in [-0.4, -0.2) is 44.4 Å². The molecule has 2 N–H and O–H groups in total. The van der Waals surface area contributed by atoms with Crippen molar-refractivity contribution < 1.29 is 9.47 Å². The Bertz CT molecular complexity index is 330. The van der Waals surface area contributed by atoms with Crippen LogP contribution < -0.4 is 10.5 Å². The predicted octanol–water partition coefficient (Wildman–Crippen LogP) is 1.40. The van der Waals surface area contributed by atoms with Gasteiger partial charge in [-0.2, -0.15) is 0 Å². The van der Waals surface area contributed by atoms with Crippen molar-refractivity contribution in [1.29, 1.82) is 0 Å². The predicted molar refractivity (Wildman–Crippen MR) is 70.9 cm³/mol. The van der Waals surface area contributed by atoms with E-state index in [9.17, 15) is 0 Å². The summed E-state index contributed by atoms with van der Waals surface area (Å²) in [6.45, 7) is 5.24. The average Bonchev–Trinajstić information content (AvgIpc) is 2.33. The van der Waals surface area contributed by atoms with Gasteiger partial charge in [0, 0.05) is 19.6 Å². The zero-order valence-corrected chi connectivity index (χ0v) is 10.6. The summed E-state index contributed by atoms with van der Waals surface area (Å²) >= 11 is 0. The van der Waals surface area contributed by atoms with Crippen molar-refractivity contribution in [2.75, 3.05) is 45.2 Å². The molecule has 4 nitrogen and oxygen atoms in total. The van der Waals surface area contributed by atoms with E-state index in [0.717, 1.165) is 38.6 Å². The highest BCUT2D eigenvalue weighted by atomic mass is 35.5. The quantitative estimate of drug-likeness (QED) is 0.830. The summed E-state index contributed by atoms with van der Waals surface area (Å²) in [6, 6.07) is 7.59. The van der Waals surface area contributed by atoms with E-state index in [1.807, 2.05) is 24.3 Å². The normalized spacial score (nSPS) is 16.2. The molecule has 1 heterocycles. The van der Waals surface area contributed by atoms with Gasteiger partial charge in [0.25, 0.3) is 0 Å². The fourth-order valence-corrected chi connectivity index (χ4v) is 1.72. The largest absolute Gasteiger partial charge is 0.490 e. The third-order valence-corrected chi connectivity index (χ3v) is 2.69. The Kier molecular flexibility index (Phi) is 6.11. The van der Waals surface area contributed by atoms with Crippen LogP contribution in [0.4, 0.5) is 5.69 Å². The first kappa shape index (κ1) is 14.1. The first-order chi connectivity index (χ1) is 7.86. The Morgan fingerprint density at radius 1 is 1.24 bits per heavy atom. The first-order valence-electron chi connectivity index (χ1n) is 5.63. The van der Waals surface area contributed by atoms with Gasteiger partial charge in [0.1, 0.15) is 12.4 Å². The third-order valence-electron chi connectivity index (χ3n) is 2.69. The summed E-state index contributed by atoms with van der Waals surface area (Å²) in [7, 11) is 0. The van der Waals surface area contributed by atoms with E-state index in [0.29, 0.717) is 12.3 Å². The van der Waals surface area contributed by atoms with Crippen LogP contribution in [-0.2, 0) is 4.74 Å². The van der Waals surface area contributed by atoms with Crippen molar-refractivity contribution in [3.8, 4) is 5.75 Å². The van der Waals surface area contributed by atoms with Crippen LogP contribution in [0, 0.1) is 0 Å². The molecule has 96 valence electrons. The molecule has 0 aromatic heterocycles. The zero-order chi connectivity index (χ0) is 11.2. The zero-order valence-electron chi connectivity index (χ0n) is 9.80. The molecule has 0 saturated carbocycles. The molecule has 0 amide bonds. The van der Waals surface area contributed by atoms with E-state index in [1.54, 1.807) is 0 Å². The molecule has 1 fully saturated rings. The summed E-state index contributed by atoms with van der Waals surface area (Å²) in [4.78, 5) is 2.34. The maximum absolute atomic E-state index is 5.78. The number of nitrogens with two attached hydrogens (primary N) is 1. The van der Waals surface area contributed by atoms with Gasteiger partial charge in [0.05, 0.1) is 18.9 Å². The number of halogens is 1. The van der Waals surface area contributed by atoms with Crippen LogP contribution >= 0.6 is 12.4 Å². The van der Waals surface area contributed by atoms with Crippen LogP contribution in [0.5, 0.6) is 5.75 Å². The first-order valence-corrected chi connectivity index (χ1v) is 5.63. The second-order valence-corrected chi connectivity index (χ2v) is 3.84. The maximum atomic E-state index is 5.78. The lowest BCUT2D eigenvalue weighted by molar-refractivity contribution is 0.0323. The standard InChI is InChI=1S/C12H18N2O2.ClH/c13-11-3-1-2-4-12(11)16-10-7-14-5-8-15-9-6-14;/h1-4H,5-10,13H2;1H. The maximum Gasteiger partial charge on any atom is 0.142 e. The molecule has 1 aliphatic heterocycles. The van der Waals surface area contributed by atoms with Crippen LogP contribution in [0.15, 0.2) is 24.3 Å². The molecule has 1 aliphatic rings. The fraction of sp³-hybridized carbons (Fsp3) is 0.500. The highest BCUT2D eigenvalue weighted by Gasteiger charge is 2.09. The molecule has 0 spiro atoms. The van der Waals surface area contributed by atoms with Crippen molar-refractivity contribution in [3.05, 3.63) is 24.3 Å². The van der Waals surface area contributed by atoms with Crippen molar-refractivity contribution >= 4 is 18.1 Å². The van der Waals surface area contributed by atoms with Gasteiger partial charge in [-0.1, -0.05) is 12.1 Å². The number of benzene rings is 1. The minimum absolute atomic E-state index is 0. The number of morpholine rings is 1. The van der Waals surface area contributed by atoms with E-state index in [2.05, 4.69) is 4.90 Å². The molecule has 0 aliphatic carbocycles. The highest BCUT2D eigenvalue weighted by Crippen LogP contribution is 2.19. The Labute approximate surface area is 108 Å². The summed E-state index contributed by atoms with van der Waals surface area (Å²) in [5.74, 6) is 0.774. The van der Waals surface area contributed by atoms with Gasteiger partial charge in [-0.15, -0.1) is 12.4 Å². The number of hydrogen-bond donors (Lipinski definition) is 1. The Morgan fingerprint density at radius 2 is 1.94 bits per heavy atom. The molecule has 1 aromatic carbocycles. The Hall–Kier alpha value is -0.970. The lowest BCUT2D eigenvalue weighted by Crippen LogP contribution is -2.38. The minimum Gasteiger partial charge on any atom is -0.490 e. The molecule has 17 heavy (non-hydrogen) atoms. The van der Waals surface area contributed by atoms with E-state index in [-0.39, 0.29) is 12.4 Å². The Balaban J connectivity index is 0.00000144.